The van der Waals surface area contributed by atoms with Crippen molar-refractivity contribution in [2.24, 2.45) is 0 Å². The highest BCUT2D eigenvalue weighted by atomic mass is 32.1. The van der Waals surface area contributed by atoms with Gasteiger partial charge in [-0.05, 0) is 19.1 Å². The van der Waals surface area contributed by atoms with Gasteiger partial charge < -0.3 is 15.2 Å². The van der Waals surface area contributed by atoms with Crippen LogP contribution in [0.25, 0.3) is 0 Å². The van der Waals surface area contributed by atoms with Crippen LogP contribution in [-0.4, -0.2) is 36.1 Å². The highest BCUT2D eigenvalue weighted by molar-refractivity contribution is 7.13. The Balaban J connectivity index is 2.69. The fourth-order valence-corrected chi connectivity index (χ4v) is 2.01. The van der Waals surface area contributed by atoms with E-state index in [9.17, 15) is 14.4 Å². The Bertz CT molecular complexity index is 468. The highest BCUT2D eigenvalue weighted by Gasteiger charge is 2.24. The van der Waals surface area contributed by atoms with Gasteiger partial charge in [0.2, 0.25) is 0 Å². The number of carboxylic acids is 1. The maximum Gasteiger partial charge on any atom is 0.326 e. The Hall–Kier alpha value is -1.89. The smallest absolute Gasteiger partial charge is 0.326 e. The molecule has 0 aliphatic rings. The van der Waals surface area contributed by atoms with E-state index in [0.717, 1.165) is 12.0 Å². The normalized spacial score (nSPS) is 11.7. The number of aryl methyl sites for hydroxylation is 1. The molecule has 6 nitrogen and oxygen atoms in total. The molecule has 98 valence electrons. The molecule has 1 amide bonds. The van der Waals surface area contributed by atoms with Crippen LogP contribution in [0.1, 0.15) is 21.0 Å². The Morgan fingerprint density at radius 2 is 2.11 bits per heavy atom. The maximum atomic E-state index is 11.7. The molecule has 0 saturated carbocycles. The molecule has 0 aromatic carbocycles. The summed E-state index contributed by atoms with van der Waals surface area (Å²) in [6.45, 7) is 1.84. The summed E-state index contributed by atoms with van der Waals surface area (Å²) in [4.78, 5) is 35.0. The van der Waals surface area contributed by atoms with E-state index in [1.54, 1.807) is 12.1 Å². The van der Waals surface area contributed by atoms with Crippen LogP contribution in [-0.2, 0) is 14.3 Å². The van der Waals surface area contributed by atoms with Gasteiger partial charge in [-0.1, -0.05) is 0 Å². The van der Waals surface area contributed by atoms with Gasteiger partial charge in [0.15, 0.2) is 0 Å². The zero-order chi connectivity index (χ0) is 13.7. The zero-order valence-electron chi connectivity index (χ0n) is 9.93. The molecule has 1 atom stereocenters. The lowest BCUT2D eigenvalue weighted by Crippen LogP contribution is -2.42. The van der Waals surface area contributed by atoms with E-state index in [1.807, 2.05) is 6.92 Å². The number of thiophene rings is 1. The Labute approximate surface area is 108 Å². The molecule has 18 heavy (non-hydrogen) atoms. The first-order chi connectivity index (χ1) is 8.43. The number of esters is 1. The van der Waals surface area contributed by atoms with Gasteiger partial charge in [-0.2, -0.15) is 0 Å². The van der Waals surface area contributed by atoms with Crippen LogP contribution in [0.15, 0.2) is 12.1 Å². The van der Waals surface area contributed by atoms with Crippen LogP contribution in [0.3, 0.4) is 0 Å². The summed E-state index contributed by atoms with van der Waals surface area (Å²) in [6.07, 6.45) is -0.401. The molecule has 0 saturated heterocycles. The van der Waals surface area contributed by atoms with E-state index in [1.165, 1.54) is 11.3 Å². The third-order valence-electron chi connectivity index (χ3n) is 2.17. The third kappa shape index (κ3) is 3.85. The summed E-state index contributed by atoms with van der Waals surface area (Å²) in [7, 11) is 1.16. The molecular weight excluding hydrogens is 258 g/mol. The minimum Gasteiger partial charge on any atom is -0.480 e. The van der Waals surface area contributed by atoms with Crippen LogP contribution >= 0.6 is 11.3 Å². The number of rotatable bonds is 5. The quantitative estimate of drug-likeness (QED) is 0.773. The van der Waals surface area contributed by atoms with Crippen LogP contribution in [0, 0.1) is 6.92 Å². The second-order valence-electron chi connectivity index (χ2n) is 3.55. The zero-order valence-corrected chi connectivity index (χ0v) is 10.7. The first-order valence-electron chi connectivity index (χ1n) is 5.11. The van der Waals surface area contributed by atoms with Gasteiger partial charge in [-0.3, -0.25) is 9.59 Å². The number of hydrogen-bond donors (Lipinski definition) is 2. The van der Waals surface area contributed by atoms with Crippen LogP contribution < -0.4 is 5.32 Å². The van der Waals surface area contributed by atoms with Gasteiger partial charge in [-0.25, -0.2) is 4.79 Å². The molecule has 1 heterocycles. The SMILES string of the molecule is COC(=O)C[C@H](NC(=O)c1ccc(C)s1)C(=O)O. The lowest BCUT2D eigenvalue weighted by molar-refractivity contribution is -0.147. The average molecular weight is 271 g/mol. The fraction of sp³-hybridized carbons (Fsp3) is 0.364. The monoisotopic (exact) mass is 271 g/mol. The molecular formula is C11H13NO5S. The molecule has 7 heteroatoms. The molecule has 1 rings (SSSR count). The van der Waals surface area contributed by atoms with Gasteiger partial charge >= 0.3 is 11.9 Å². The van der Waals surface area contributed by atoms with Gasteiger partial charge in [0.05, 0.1) is 18.4 Å². The Morgan fingerprint density at radius 1 is 1.44 bits per heavy atom. The first-order valence-corrected chi connectivity index (χ1v) is 5.92. The van der Waals surface area contributed by atoms with Crippen molar-refractivity contribution in [2.45, 2.75) is 19.4 Å². The van der Waals surface area contributed by atoms with Crippen molar-refractivity contribution in [1.82, 2.24) is 5.32 Å². The summed E-state index contributed by atoms with van der Waals surface area (Å²) < 4.78 is 4.37. The van der Waals surface area contributed by atoms with Crippen molar-refractivity contribution in [3.63, 3.8) is 0 Å². The molecule has 0 bridgehead atoms. The topological polar surface area (TPSA) is 92.7 Å². The number of ether oxygens (including phenoxy) is 1. The molecule has 0 spiro atoms. The number of carboxylic acid groups (broad SMARTS) is 1. The fourth-order valence-electron chi connectivity index (χ4n) is 1.24. The van der Waals surface area contributed by atoms with Gasteiger partial charge in [0, 0.05) is 4.88 Å². The van der Waals surface area contributed by atoms with Crippen molar-refractivity contribution in [1.29, 1.82) is 0 Å². The lowest BCUT2D eigenvalue weighted by Gasteiger charge is -2.12. The van der Waals surface area contributed by atoms with E-state index in [4.69, 9.17) is 5.11 Å². The van der Waals surface area contributed by atoms with Crippen molar-refractivity contribution in [3.8, 4) is 0 Å². The predicted octanol–water partition coefficient (Wildman–Crippen LogP) is 0.803. The van der Waals surface area contributed by atoms with Gasteiger partial charge in [-0.15, -0.1) is 11.3 Å². The molecule has 1 aromatic heterocycles. The van der Waals surface area contributed by atoms with Crippen molar-refractivity contribution < 1.29 is 24.2 Å². The largest absolute Gasteiger partial charge is 0.480 e. The second-order valence-corrected chi connectivity index (χ2v) is 4.84. The molecule has 0 radical (unpaired) electrons. The summed E-state index contributed by atoms with van der Waals surface area (Å²) >= 11 is 1.25. The molecule has 0 aliphatic heterocycles. The number of carbonyl (C=O) groups excluding carboxylic acids is 2. The van der Waals surface area contributed by atoms with Crippen molar-refractivity contribution in [2.75, 3.05) is 7.11 Å². The van der Waals surface area contributed by atoms with E-state index in [-0.39, 0.29) is 0 Å². The van der Waals surface area contributed by atoms with Crippen LogP contribution in [0.4, 0.5) is 0 Å². The second kappa shape index (κ2) is 6.15. The molecule has 2 N–H and O–H groups in total. The minimum atomic E-state index is -1.28. The standard InChI is InChI=1S/C11H13NO5S/c1-6-3-4-8(18-6)10(14)12-7(11(15)16)5-9(13)17-2/h3-4,7H,5H2,1-2H3,(H,12,14)(H,15,16)/t7-/m0/s1. The van der Waals surface area contributed by atoms with Gasteiger partial charge in [0.1, 0.15) is 6.04 Å². The molecule has 0 aliphatic carbocycles. The molecule has 1 aromatic rings. The predicted molar refractivity (Wildman–Crippen MR) is 64.6 cm³/mol. The molecule has 0 fully saturated rings. The maximum absolute atomic E-state index is 11.7. The number of hydrogen-bond acceptors (Lipinski definition) is 5. The van der Waals surface area contributed by atoms with Crippen molar-refractivity contribution >= 4 is 29.2 Å². The Morgan fingerprint density at radius 3 is 2.56 bits per heavy atom. The summed E-state index contributed by atoms with van der Waals surface area (Å²) in [5.74, 6) is -2.48. The van der Waals surface area contributed by atoms with E-state index in [2.05, 4.69) is 10.1 Å². The number of methoxy groups -OCH3 is 1. The van der Waals surface area contributed by atoms with Crippen LogP contribution in [0.5, 0.6) is 0 Å². The van der Waals surface area contributed by atoms with Crippen LogP contribution in [0.2, 0.25) is 0 Å². The summed E-state index contributed by atoms with van der Waals surface area (Å²) in [5, 5.41) is 11.2. The molecule has 0 unspecified atom stereocenters. The highest BCUT2D eigenvalue weighted by Crippen LogP contribution is 2.15. The van der Waals surface area contributed by atoms with E-state index >= 15 is 0 Å². The van der Waals surface area contributed by atoms with Gasteiger partial charge in [0.25, 0.3) is 5.91 Å². The third-order valence-corrected chi connectivity index (χ3v) is 3.17. The van der Waals surface area contributed by atoms with E-state index < -0.39 is 30.3 Å². The number of nitrogens with one attached hydrogen (secondary N) is 1. The first kappa shape index (κ1) is 14.2. The summed E-state index contributed by atoms with van der Waals surface area (Å²) in [5.41, 5.74) is 0. The summed E-state index contributed by atoms with van der Waals surface area (Å²) in [6, 6.07) is 2.08. The number of aliphatic carboxylic acids is 1. The lowest BCUT2D eigenvalue weighted by atomic mass is 10.2. The Kier molecular flexibility index (Phi) is 4.85. The number of amides is 1. The average Bonchev–Trinajstić information content (AvgIpc) is 2.74. The minimum absolute atomic E-state index is 0.401. The van der Waals surface area contributed by atoms with Crippen molar-refractivity contribution in [3.05, 3.63) is 21.9 Å². The number of carbonyl (C=O) groups is 3. The van der Waals surface area contributed by atoms with E-state index in [0.29, 0.717) is 4.88 Å².